The smallest absolute Gasteiger partial charge is 0.163 e. The summed E-state index contributed by atoms with van der Waals surface area (Å²) in [5, 5.41) is 7.23. The summed E-state index contributed by atoms with van der Waals surface area (Å²) in [6, 6.07) is 16.8. The Bertz CT molecular complexity index is 945. The lowest BCUT2D eigenvalue weighted by Crippen LogP contribution is -2.31. The van der Waals surface area contributed by atoms with Gasteiger partial charge >= 0.3 is 0 Å². The second-order valence-electron chi connectivity index (χ2n) is 9.95. The molecule has 0 amide bonds. The van der Waals surface area contributed by atoms with Crippen LogP contribution in [0.5, 0.6) is 0 Å². The van der Waals surface area contributed by atoms with Gasteiger partial charge in [-0.3, -0.25) is 4.79 Å². The lowest BCUT2D eigenvalue weighted by atomic mass is 9.73. The van der Waals surface area contributed by atoms with E-state index in [4.69, 9.17) is 0 Å². The van der Waals surface area contributed by atoms with Crippen molar-refractivity contribution in [2.45, 2.75) is 58.9 Å². The van der Waals surface area contributed by atoms with Gasteiger partial charge in [-0.25, -0.2) is 0 Å². The minimum Gasteiger partial charge on any atom is -0.372 e. The minimum atomic E-state index is -0.135. The van der Waals surface area contributed by atoms with Gasteiger partial charge in [-0.15, -0.1) is 0 Å². The van der Waals surface area contributed by atoms with E-state index in [2.05, 4.69) is 81.7 Å². The van der Waals surface area contributed by atoms with Crippen LogP contribution in [-0.4, -0.2) is 5.78 Å². The van der Waals surface area contributed by atoms with Gasteiger partial charge in [-0.1, -0.05) is 71.0 Å². The zero-order valence-electron chi connectivity index (χ0n) is 17.5. The van der Waals surface area contributed by atoms with Crippen LogP contribution in [0.25, 0.3) is 0 Å². The molecule has 3 nitrogen and oxygen atoms in total. The number of Topliss-reactive ketones (excluding diaryl/α,β-unsaturated/α-hetero) is 1. The van der Waals surface area contributed by atoms with Crippen LogP contribution in [0.4, 0.5) is 11.4 Å². The number of para-hydroxylation sites is 2. The summed E-state index contributed by atoms with van der Waals surface area (Å²) in [6.45, 7) is 11.0. The summed E-state index contributed by atoms with van der Waals surface area (Å²) in [5.74, 6) is 0.240. The molecule has 2 aromatic rings. The van der Waals surface area contributed by atoms with Crippen molar-refractivity contribution in [1.29, 1.82) is 0 Å². The van der Waals surface area contributed by atoms with E-state index in [0.717, 1.165) is 34.6 Å². The molecule has 0 saturated carbocycles. The van der Waals surface area contributed by atoms with Crippen LogP contribution in [0, 0.1) is 5.41 Å². The number of nitrogens with one attached hydrogen (secondary N) is 2. The Hall–Kier alpha value is -2.55. The first-order valence-corrected chi connectivity index (χ1v) is 10.1. The molecule has 28 heavy (non-hydrogen) atoms. The van der Waals surface area contributed by atoms with Gasteiger partial charge in [0.2, 0.25) is 0 Å². The molecule has 146 valence electrons. The first-order valence-electron chi connectivity index (χ1n) is 10.1. The number of fused-ring (bicyclic) bond motifs is 1. The van der Waals surface area contributed by atoms with Crippen LogP contribution < -0.4 is 10.6 Å². The molecular weight excluding hydrogens is 344 g/mol. The molecule has 0 bridgehead atoms. The van der Waals surface area contributed by atoms with Crippen LogP contribution in [0.15, 0.2) is 59.8 Å². The Balaban J connectivity index is 1.83. The number of allylic oxidation sites excluding steroid dienone is 1. The number of carbonyl (C=O) groups is 1. The average Bonchev–Trinajstić information content (AvgIpc) is 2.76. The van der Waals surface area contributed by atoms with Crippen molar-refractivity contribution in [3.8, 4) is 0 Å². The van der Waals surface area contributed by atoms with E-state index in [1.54, 1.807) is 0 Å². The third-order valence-corrected chi connectivity index (χ3v) is 5.83. The summed E-state index contributed by atoms with van der Waals surface area (Å²) >= 11 is 0. The summed E-state index contributed by atoms with van der Waals surface area (Å²) in [4.78, 5) is 13.2. The highest BCUT2D eigenvalue weighted by molar-refractivity contribution is 6.01. The standard InChI is InChI=1S/C25H30N2O/c1-24(2,3)17-12-10-16(11-13-17)23-22-20(14-25(4,5)15-21(22)28)26-18-8-6-7-9-19(18)27-23/h6-13,23,26-27H,14-15H2,1-5H3. The van der Waals surface area contributed by atoms with E-state index < -0.39 is 0 Å². The zero-order valence-corrected chi connectivity index (χ0v) is 17.5. The average molecular weight is 375 g/mol. The molecule has 2 aromatic carbocycles. The van der Waals surface area contributed by atoms with Crippen LogP contribution in [0.3, 0.4) is 0 Å². The monoisotopic (exact) mass is 374 g/mol. The molecule has 1 aliphatic carbocycles. The van der Waals surface area contributed by atoms with Gasteiger partial charge in [0.15, 0.2) is 5.78 Å². The zero-order chi connectivity index (χ0) is 20.1. The normalized spacial score (nSPS) is 21.2. The van der Waals surface area contributed by atoms with Crippen molar-refractivity contribution in [1.82, 2.24) is 0 Å². The number of hydrogen-bond donors (Lipinski definition) is 2. The lowest BCUT2D eigenvalue weighted by molar-refractivity contribution is -0.118. The summed E-state index contributed by atoms with van der Waals surface area (Å²) in [7, 11) is 0. The Morgan fingerprint density at radius 1 is 0.929 bits per heavy atom. The Morgan fingerprint density at radius 3 is 2.21 bits per heavy atom. The van der Waals surface area contributed by atoms with E-state index in [-0.39, 0.29) is 22.7 Å². The summed E-state index contributed by atoms with van der Waals surface area (Å²) < 4.78 is 0. The van der Waals surface area contributed by atoms with Crippen LogP contribution in [-0.2, 0) is 10.2 Å². The fourth-order valence-electron chi connectivity index (χ4n) is 4.31. The predicted octanol–water partition coefficient (Wildman–Crippen LogP) is 6.21. The highest BCUT2D eigenvalue weighted by Crippen LogP contribution is 2.45. The van der Waals surface area contributed by atoms with Crippen molar-refractivity contribution < 1.29 is 4.79 Å². The van der Waals surface area contributed by atoms with Gasteiger partial charge in [0.05, 0.1) is 17.4 Å². The number of anilines is 2. The van der Waals surface area contributed by atoms with E-state index in [1.165, 1.54) is 5.56 Å². The second-order valence-corrected chi connectivity index (χ2v) is 9.95. The molecular formula is C25H30N2O. The lowest BCUT2D eigenvalue weighted by Gasteiger charge is -2.34. The Labute approximate surface area is 168 Å². The van der Waals surface area contributed by atoms with Crippen LogP contribution in [0.1, 0.15) is 64.6 Å². The molecule has 1 atom stereocenters. The van der Waals surface area contributed by atoms with Gasteiger partial charge in [-0.2, -0.15) is 0 Å². The van der Waals surface area contributed by atoms with Crippen molar-refractivity contribution in [3.63, 3.8) is 0 Å². The third-order valence-electron chi connectivity index (χ3n) is 5.83. The molecule has 1 aliphatic heterocycles. The molecule has 3 heteroatoms. The third kappa shape index (κ3) is 3.46. The molecule has 0 saturated heterocycles. The molecule has 2 aliphatic rings. The number of ketones is 1. The van der Waals surface area contributed by atoms with Gasteiger partial charge < -0.3 is 10.6 Å². The molecule has 0 fully saturated rings. The molecule has 0 aromatic heterocycles. The number of hydrogen-bond acceptors (Lipinski definition) is 3. The highest BCUT2D eigenvalue weighted by atomic mass is 16.1. The fourth-order valence-corrected chi connectivity index (χ4v) is 4.31. The van der Waals surface area contributed by atoms with Crippen LogP contribution >= 0.6 is 0 Å². The number of carbonyl (C=O) groups excluding carboxylic acids is 1. The quantitative estimate of drug-likeness (QED) is 0.624. The first-order chi connectivity index (χ1) is 13.1. The van der Waals surface area contributed by atoms with Crippen LogP contribution in [0.2, 0.25) is 0 Å². The maximum absolute atomic E-state index is 13.2. The van der Waals surface area contributed by atoms with Crippen molar-refractivity contribution in [2.24, 2.45) is 5.41 Å². The molecule has 4 rings (SSSR count). The topological polar surface area (TPSA) is 41.1 Å². The molecule has 0 radical (unpaired) electrons. The molecule has 0 spiro atoms. The maximum Gasteiger partial charge on any atom is 0.163 e. The first kappa shape index (κ1) is 18.8. The SMILES string of the molecule is CC1(C)CC(=O)C2=C(C1)Nc1ccccc1NC2c1ccc(C(C)(C)C)cc1. The molecule has 1 heterocycles. The van der Waals surface area contributed by atoms with Gasteiger partial charge in [0.1, 0.15) is 0 Å². The summed E-state index contributed by atoms with van der Waals surface area (Å²) in [6.07, 6.45) is 1.46. The highest BCUT2D eigenvalue weighted by Gasteiger charge is 2.38. The van der Waals surface area contributed by atoms with Gasteiger partial charge in [-0.05, 0) is 40.5 Å². The molecule has 2 N–H and O–H groups in total. The largest absolute Gasteiger partial charge is 0.372 e. The Morgan fingerprint density at radius 2 is 1.57 bits per heavy atom. The number of rotatable bonds is 1. The van der Waals surface area contributed by atoms with E-state index in [1.807, 2.05) is 12.1 Å². The Kier molecular flexibility index (Phi) is 4.37. The van der Waals surface area contributed by atoms with E-state index in [9.17, 15) is 4.79 Å². The van der Waals surface area contributed by atoms with E-state index >= 15 is 0 Å². The number of benzene rings is 2. The van der Waals surface area contributed by atoms with Gasteiger partial charge in [0.25, 0.3) is 0 Å². The van der Waals surface area contributed by atoms with E-state index in [0.29, 0.717) is 6.42 Å². The van der Waals surface area contributed by atoms with Crippen molar-refractivity contribution in [3.05, 3.63) is 70.9 Å². The fraction of sp³-hybridized carbons (Fsp3) is 0.400. The van der Waals surface area contributed by atoms with Crippen molar-refractivity contribution in [2.75, 3.05) is 10.6 Å². The van der Waals surface area contributed by atoms with Crippen molar-refractivity contribution >= 4 is 17.2 Å². The minimum absolute atomic E-state index is 0.0250. The summed E-state index contributed by atoms with van der Waals surface area (Å²) in [5.41, 5.74) is 6.53. The second kappa shape index (κ2) is 6.51. The van der Waals surface area contributed by atoms with Gasteiger partial charge in [0, 0.05) is 17.7 Å². The molecule has 1 unspecified atom stereocenters. The predicted molar refractivity (Wildman–Crippen MR) is 117 cm³/mol. The maximum atomic E-state index is 13.2.